The summed E-state index contributed by atoms with van der Waals surface area (Å²) < 4.78 is 13.3. The van der Waals surface area contributed by atoms with Gasteiger partial charge in [-0.2, -0.15) is 0 Å². The fourth-order valence-corrected chi connectivity index (χ4v) is 2.52. The van der Waals surface area contributed by atoms with Gasteiger partial charge in [-0.3, -0.25) is 0 Å². The summed E-state index contributed by atoms with van der Waals surface area (Å²) in [6.07, 6.45) is 0.853. The quantitative estimate of drug-likeness (QED) is 0.658. The van der Waals surface area contributed by atoms with Crippen molar-refractivity contribution >= 4 is 17.4 Å². The predicted octanol–water partition coefficient (Wildman–Crippen LogP) is 3.74. The fraction of sp³-hybridized carbons (Fsp3) is 0.143. The van der Waals surface area contributed by atoms with Crippen LogP contribution in [0, 0.1) is 5.82 Å². The molecule has 0 unspecified atom stereocenters. The van der Waals surface area contributed by atoms with E-state index in [1.807, 2.05) is 30.3 Å². The minimum absolute atomic E-state index is 0.154. The van der Waals surface area contributed by atoms with E-state index in [1.54, 1.807) is 12.1 Å². The van der Waals surface area contributed by atoms with Crippen LogP contribution in [0.3, 0.4) is 0 Å². The first kappa shape index (κ1) is 12.0. The third-order valence-corrected chi connectivity index (χ3v) is 3.57. The Kier molecular flexibility index (Phi) is 4.04. The largest absolute Gasteiger partial charge is 0.399 e. The van der Waals surface area contributed by atoms with Crippen LogP contribution in [-0.4, -0.2) is 5.75 Å². The van der Waals surface area contributed by atoms with Crippen molar-refractivity contribution in [2.45, 2.75) is 11.3 Å². The molecule has 0 atom stereocenters. The second kappa shape index (κ2) is 5.73. The first-order valence-corrected chi connectivity index (χ1v) is 6.46. The van der Waals surface area contributed by atoms with Crippen LogP contribution < -0.4 is 5.73 Å². The SMILES string of the molecule is Nc1ccccc1CCSc1ccccc1F. The van der Waals surface area contributed by atoms with Gasteiger partial charge in [-0.05, 0) is 30.2 Å². The van der Waals surface area contributed by atoms with Crippen molar-refractivity contribution in [3.63, 3.8) is 0 Å². The summed E-state index contributed by atoms with van der Waals surface area (Å²) in [5.74, 6) is 0.674. The number of nitrogen functional groups attached to an aromatic ring is 1. The lowest BCUT2D eigenvalue weighted by Crippen LogP contribution is -1.95. The zero-order valence-corrected chi connectivity index (χ0v) is 10.2. The van der Waals surface area contributed by atoms with Crippen LogP contribution in [-0.2, 0) is 6.42 Å². The van der Waals surface area contributed by atoms with E-state index in [4.69, 9.17) is 5.73 Å². The molecular formula is C14H14FNS. The Morgan fingerprint density at radius 3 is 2.47 bits per heavy atom. The summed E-state index contributed by atoms with van der Waals surface area (Å²) in [4.78, 5) is 0.696. The van der Waals surface area contributed by atoms with E-state index in [0.29, 0.717) is 4.90 Å². The molecule has 1 nitrogen and oxygen atoms in total. The van der Waals surface area contributed by atoms with Crippen LogP contribution in [0.2, 0.25) is 0 Å². The normalized spacial score (nSPS) is 10.4. The van der Waals surface area contributed by atoms with Gasteiger partial charge in [0.15, 0.2) is 0 Å². The molecule has 0 radical (unpaired) electrons. The molecule has 0 fully saturated rings. The van der Waals surface area contributed by atoms with Crippen molar-refractivity contribution < 1.29 is 4.39 Å². The molecular weight excluding hydrogens is 233 g/mol. The Morgan fingerprint density at radius 2 is 1.71 bits per heavy atom. The Hall–Kier alpha value is -1.48. The summed E-state index contributed by atoms with van der Waals surface area (Å²) >= 11 is 1.52. The Bertz CT molecular complexity index is 454. The zero-order chi connectivity index (χ0) is 12.1. The van der Waals surface area contributed by atoms with Crippen LogP contribution in [0.15, 0.2) is 53.4 Å². The monoisotopic (exact) mass is 247 g/mol. The number of nitrogens with two attached hydrogens (primary N) is 1. The van der Waals surface area contributed by atoms with Gasteiger partial charge >= 0.3 is 0 Å². The molecule has 0 bridgehead atoms. The van der Waals surface area contributed by atoms with E-state index in [0.717, 1.165) is 23.4 Å². The standard InChI is InChI=1S/C14H14FNS/c15-12-6-2-4-8-14(12)17-10-9-11-5-1-3-7-13(11)16/h1-8H,9-10,16H2. The molecule has 2 N–H and O–H groups in total. The molecule has 0 saturated carbocycles. The maximum Gasteiger partial charge on any atom is 0.136 e. The molecule has 88 valence electrons. The third-order valence-electron chi connectivity index (χ3n) is 2.52. The van der Waals surface area contributed by atoms with Crippen LogP contribution in [0.25, 0.3) is 0 Å². The van der Waals surface area contributed by atoms with Gasteiger partial charge in [-0.1, -0.05) is 30.3 Å². The number of thioether (sulfide) groups is 1. The first-order valence-electron chi connectivity index (χ1n) is 5.48. The lowest BCUT2D eigenvalue weighted by atomic mass is 10.1. The highest BCUT2D eigenvalue weighted by Crippen LogP contribution is 2.23. The molecule has 3 heteroatoms. The average molecular weight is 247 g/mol. The predicted molar refractivity (Wildman–Crippen MR) is 71.7 cm³/mol. The van der Waals surface area contributed by atoms with Crippen molar-refractivity contribution in [2.24, 2.45) is 0 Å². The molecule has 0 aliphatic heterocycles. The summed E-state index contributed by atoms with van der Waals surface area (Å²) in [5.41, 5.74) is 7.78. The van der Waals surface area contributed by atoms with Gasteiger partial charge in [0.05, 0.1) is 0 Å². The van der Waals surface area contributed by atoms with Crippen molar-refractivity contribution in [3.05, 3.63) is 59.9 Å². The first-order chi connectivity index (χ1) is 8.27. The Labute approximate surface area is 105 Å². The van der Waals surface area contributed by atoms with Crippen LogP contribution in [0.1, 0.15) is 5.56 Å². The number of halogens is 1. The van der Waals surface area contributed by atoms with Crippen molar-refractivity contribution in [1.29, 1.82) is 0 Å². The molecule has 0 heterocycles. The van der Waals surface area contributed by atoms with E-state index in [2.05, 4.69) is 0 Å². The number of hydrogen-bond acceptors (Lipinski definition) is 2. The van der Waals surface area contributed by atoms with Gasteiger partial charge in [-0.25, -0.2) is 4.39 Å². The minimum atomic E-state index is -0.154. The maximum atomic E-state index is 13.3. The summed E-state index contributed by atoms with van der Waals surface area (Å²) in [6, 6.07) is 14.6. The molecule has 17 heavy (non-hydrogen) atoms. The summed E-state index contributed by atoms with van der Waals surface area (Å²) in [6.45, 7) is 0. The number of aryl methyl sites for hydroxylation is 1. The molecule has 0 aliphatic rings. The van der Waals surface area contributed by atoms with Crippen LogP contribution >= 0.6 is 11.8 Å². The highest BCUT2D eigenvalue weighted by molar-refractivity contribution is 7.99. The van der Waals surface area contributed by atoms with Gasteiger partial charge in [0, 0.05) is 16.3 Å². The van der Waals surface area contributed by atoms with Crippen molar-refractivity contribution in [1.82, 2.24) is 0 Å². The molecule has 0 aromatic heterocycles. The highest BCUT2D eigenvalue weighted by Gasteiger charge is 2.02. The number of hydrogen-bond donors (Lipinski definition) is 1. The van der Waals surface area contributed by atoms with E-state index in [1.165, 1.54) is 17.8 Å². The van der Waals surface area contributed by atoms with E-state index in [9.17, 15) is 4.39 Å². The van der Waals surface area contributed by atoms with Crippen molar-refractivity contribution in [2.75, 3.05) is 11.5 Å². The van der Waals surface area contributed by atoms with E-state index >= 15 is 0 Å². The van der Waals surface area contributed by atoms with Gasteiger partial charge in [0.2, 0.25) is 0 Å². The van der Waals surface area contributed by atoms with Gasteiger partial charge in [0.1, 0.15) is 5.82 Å². The second-order valence-electron chi connectivity index (χ2n) is 3.73. The number of para-hydroxylation sites is 1. The molecule has 0 amide bonds. The number of benzene rings is 2. The second-order valence-corrected chi connectivity index (χ2v) is 4.86. The Morgan fingerprint density at radius 1 is 1.00 bits per heavy atom. The smallest absolute Gasteiger partial charge is 0.136 e. The molecule has 0 spiro atoms. The minimum Gasteiger partial charge on any atom is -0.399 e. The highest BCUT2D eigenvalue weighted by atomic mass is 32.2. The summed E-state index contributed by atoms with van der Waals surface area (Å²) in [7, 11) is 0. The zero-order valence-electron chi connectivity index (χ0n) is 9.40. The number of anilines is 1. The van der Waals surface area contributed by atoms with Crippen LogP contribution in [0.5, 0.6) is 0 Å². The van der Waals surface area contributed by atoms with Crippen molar-refractivity contribution in [3.8, 4) is 0 Å². The Balaban J connectivity index is 1.93. The van der Waals surface area contributed by atoms with Crippen LogP contribution in [0.4, 0.5) is 10.1 Å². The topological polar surface area (TPSA) is 26.0 Å². The van der Waals surface area contributed by atoms with Gasteiger partial charge < -0.3 is 5.73 Å². The fourth-order valence-electron chi connectivity index (χ4n) is 1.59. The molecule has 0 aliphatic carbocycles. The van der Waals surface area contributed by atoms with E-state index in [-0.39, 0.29) is 5.82 Å². The molecule has 2 rings (SSSR count). The third kappa shape index (κ3) is 3.24. The maximum absolute atomic E-state index is 13.3. The lowest BCUT2D eigenvalue weighted by Gasteiger charge is -2.05. The number of rotatable bonds is 4. The molecule has 2 aromatic rings. The molecule has 0 saturated heterocycles. The lowest BCUT2D eigenvalue weighted by molar-refractivity contribution is 0.602. The van der Waals surface area contributed by atoms with Gasteiger partial charge in [0.25, 0.3) is 0 Å². The summed E-state index contributed by atoms with van der Waals surface area (Å²) in [5, 5.41) is 0. The van der Waals surface area contributed by atoms with E-state index < -0.39 is 0 Å². The molecule has 2 aromatic carbocycles. The average Bonchev–Trinajstić information content (AvgIpc) is 2.34. The van der Waals surface area contributed by atoms with Gasteiger partial charge in [-0.15, -0.1) is 11.8 Å².